The number of likely N-dealkylation sites (N-methyl/N-ethyl adjacent to an activating group) is 1. The number of allylic oxidation sites excluding steroid dienone is 13. The third-order valence-corrected chi connectivity index (χ3v) is 14.8. The summed E-state index contributed by atoms with van der Waals surface area (Å²) in [5.74, 6) is -0.192. The van der Waals surface area contributed by atoms with Crippen molar-refractivity contribution >= 4 is 13.7 Å². The van der Waals surface area contributed by atoms with Crippen LogP contribution in [0.2, 0.25) is 0 Å². The number of amides is 1. The fourth-order valence-electron chi connectivity index (χ4n) is 8.95. The molecule has 0 aliphatic heterocycles. The topological polar surface area (TPSA) is 105 Å². The van der Waals surface area contributed by atoms with Crippen molar-refractivity contribution in [1.29, 1.82) is 0 Å². The lowest BCUT2D eigenvalue weighted by Crippen LogP contribution is -2.45. The molecule has 0 heterocycles. The van der Waals surface area contributed by atoms with Crippen molar-refractivity contribution in [1.82, 2.24) is 5.32 Å². The summed E-state index contributed by atoms with van der Waals surface area (Å²) in [4.78, 5) is 23.4. The van der Waals surface area contributed by atoms with E-state index in [1.165, 1.54) is 186 Å². The molecule has 0 aromatic heterocycles. The standard InChI is InChI=1S/C66H121N2O6P/c1-6-8-10-12-14-16-18-20-22-24-26-28-30-32-34-36-38-40-42-44-46-48-50-52-54-56-58-60-66(70)67-64(63-74-75(71,72)73-62-61-68(3,4)5)65(69)59-57-55-53-51-49-47-45-43-41-39-37-35-33-31-29-27-25-23-21-19-17-15-13-11-9-7-2/h8,10,14,16,20,22,26,28,41,43,49,51,57,59,64-65,69H,6-7,9,11-13,15,17-19,21,23-25,27,29-40,42,44-48,50,52-56,58,60-63H2,1-5H3,(H-,67,70,71,72)/p+1/b10-8-,16-14-,22-20-,28-26-,43-41+,51-49+,59-57+. The van der Waals surface area contributed by atoms with E-state index in [9.17, 15) is 19.4 Å². The smallest absolute Gasteiger partial charge is 0.387 e. The van der Waals surface area contributed by atoms with Gasteiger partial charge in [0.05, 0.1) is 39.9 Å². The molecule has 75 heavy (non-hydrogen) atoms. The van der Waals surface area contributed by atoms with Gasteiger partial charge in [-0.3, -0.25) is 13.8 Å². The van der Waals surface area contributed by atoms with E-state index in [1.54, 1.807) is 6.08 Å². The predicted octanol–water partition coefficient (Wildman–Crippen LogP) is 19.6. The number of quaternary nitrogens is 1. The number of hydrogen-bond donors (Lipinski definition) is 3. The lowest BCUT2D eigenvalue weighted by molar-refractivity contribution is -0.870. The van der Waals surface area contributed by atoms with Crippen molar-refractivity contribution < 1.29 is 32.9 Å². The van der Waals surface area contributed by atoms with Crippen molar-refractivity contribution in [2.75, 3.05) is 40.9 Å². The number of aliphatic hydroxyl groups excluding tert-OH is 1. The predicted molar refractivity (Wildman–Crippen MR) is 327 cm³/mol. The van der Waals surface area contributed by atoms with Gasteiger partial charge in [0.2, 0.25) is 5.91 Å². The summed E-state index contributed by atoms with van der Waals surface area (Å²) in [7, 11) is 1.54. The maximum Gasteiger partial charge on any atom is 0.472 e. The molecule has 0 saturated heterocycles. The minimum Gasteiger partial charge on any atom is -0.387 e. The van der Waals surface area contributed by atoms with E-state index in [0.717, 1.165) is 70.6 Å². The Kier molecular flexibility index (Phi) is 54.7. The van der Waals surface area contributed by atoms with Crippen LogP contribution >= 0.6 is 7.82 Å². The van der Waals surface area contributed by atoms with E-state index in [-0.39, 0.29) is 19.1 Å². The largest absolute Gasteiger partial charge is 0.472 e. The van der Waals surface area contributed by atoms with Gasteiger partial charge in [-0.15, -0.1) is 0 Å². The van der Waals surface area contributed by atoms with Gasteiger partial charge in [0, 0.05) is 6.42 Å². The number of carbonyl (C=O) groups is 1. The summed E-state index contributed by atoms with van der Waals surface area (Å²) in [6.07, 6.45) is 79.9. The molecule has 0 rings (SSSR count). The molecule has 0 aliphatic rings. The second-order valence-electron chi connectivity index (χ2n) is 22.4. The number of aliphatic hydroxyl groups is 1. The maximum atomic E-state index is 13.0. The Morgan fingerprint density at radius 2 is 0.813 bits per heavy atom. The Bertz CT molecular complexity index is 1500. The van der Waals surface area contributed by atoms with Crippen molar-refractivity contribution in [3.8, 4) is 0 Å². The average Bonchev–Trinajstić information content (AvgIpc) is 3.37. The van der Waals surface area contributed by atoms with E-state index in [2.05, 4.69) is 92.1 Å². The van der Waals surface area contributed by atoms with Crippen LogP contribution in [0.1, 0.15) is 277 Å². The molecule has 0 radical (unpaired) electrons. The number of phosphoric ester groups is 1. The molecule has 3 unspecified atom stereocenters. The van der Waals surface area contributed by atoms with Gasteiger partial charge < -0.3 is 19.8 Å². The zero-order valence-corrected chi connectivity index (χ0v) is 50.7. The highest BCUT2D eigenvalue weighted by Gasteiger charge is 2.27. The van der Waals surface area contributed by atoms with Gasteiger partial charge in [0.25, 0.3) is 0 Å². The zero-order valence-electron chi connectivity index (χ0n) is 49.8. The number of phosphoric acid groups is 1. The number of hydrogen-bond acceptors (Lipinski definition) is 5. The van der Waals surface area contributed by atoms with Crippen LogP contribution in [0, 0.1) is 0 Å². The summed E-state index contributed by atoms with van der Waals surface area (Å²) >= 11 is 0. The van der Waals surface area contributed by atoms with Crippen molar-refractivity contribution in [2.45, 2.75) is 289 Å². The maximum absolute atomic E-state index is 13.0. The van der Waals surface area contributed by atoms with Crippen LogP contribution in [0.25, 0.3) is 0 Å². The fraction of sp³-hybridized carbons (Fsp3) is 0.773. The minimum atomic E-state index is -4.37. The molecule has 3 atom stereocenters. The van der Waals surface area contributed by atoms with E-state index in [1.807, 2.05) is 27.2 Å². The SMILES string of the molecule is CC/C=C\C/C=C\C/C=C\C/C=C\CCCCCCCCCCCCCCCCC(=O)NC(COP(=O)(O)OCC[N+](C)(C)C)C(O)/C=C/CC/C=C/CC/C=C/CCCCCCCCCCCCCCCCCC. The van der Waals surface area contributed by atoms with Crippen LogP contribution < -0.4 is 5.32 Å². The Morgan fingerprint density at radius 1 is 0.467 bits per heavy atom. The second-order valence-corrected chi connectivity index (χ2v) is 23.8. The Labute approximate surface area is 465 Å². The molecular formula is C66H122N2O6P+. The molecule has 3 N–H and O–H groups in total. The molecule has 0 aromatic carbocycles. The minimum absolute atomic E-state index is 0.0507. The van der Waals surface area contributed by atoms with Crippen LogP contribution in [0.15, 0.2) is 85.1 Å². The first kappa shape index (κ1) is 72.7. The van der Waals surface area contributed by atoms with E-state index >= 15 is 0 Å². The number of rotatable bonds is 57. The average molecular weight is 1070 g/mol. The summed E-state index contributed by atoms with van der Waals surface area (Å²) in [5.41, 5.74) is 0. The van der Waals surface area contributed by atoms with Crippen LogP contribution in [0.5, 0.6) is 0 Å². The lowest BCUT2D eigenvalue weighted by atomic mass is 10.0. The summed E-state index contributed by atoms with van der Waals surface area (Å²) in [6, 6.07) is -0.876. The monoisotopic (exact) mass is 1070 g/mol. The third kappa shape index (κ3) is 59.2. The number of unbranched alkanes of at least 4 members (excludes halogenated alkanes) is 32. The van der Waals surface area contributed by atoms with Gasteiger partial charge in [-0.1, -0.05) is 272 Å². The van der Waals surface area contributed by atoms with Crippen LogP contribution in [0.4, 0.5) is 0 Å². The molecule has 436 valence electrons. The molecular weight excluding hydrogens is 948 g/mol. The molecule has 0 fully saturated rings. The van der Waals surface area contributed by atoms with E-state index < -0.39 is 20.0 Å². The highest BCUT2D eigenvalue weighted by atomic mass is 31.2. The van der Waals surface area contributed by atoms with Gasteiger partial charge in [-0.2, -0.15) is 0 Å². The first-order chi connectivity index (χ1) is 36.5. The fourth-order valence-corrected chi connectivity index (χ4v) is 9.69. The Hall–Kier alpha value is -2.32. The molecule has 8 nitrogen and oxygen atoms in total. The Morgan fingerprint density at radius 3 is 1.23 bits per heavy atom. The summed E-state index contributed by atoms with van der Waals surface area (Å²) < 4.78 is 23.7. The van der Waals surface area contributed by atoms with Gasteiger partial charge in [0.1, 0.15) is 13.2 Å². The van der Waals surface area contributed by atoms with Crippen LogP contribution in [0.3, 0.4) is 0 Å². The molecule has 0 spiro atoms. The molecule has 1 amide bonds. The molecule has 9 heteroatoms. The number of carbonyl (C=O) groups excluding carboxylic acids is 1. The zero-order chi connectivity index (χ0) is 54.9. The second kappa shape index (κ2) is 56.4. The van der Waals surface area contributed by atoms with Crippen molar-refractivity contribution in [3.63, 3.8) is 0 Å². The van der Waals surface area contributed by atoms with E-state index in [4.69, 9.17) is 9.05 Å². The number of nitrogens with one attached hydrogen (secondary N) is 1. The number of nitrogens with zero attached hydrogens (tertiary/aromatic N) is 1. The van der Waals surface area contributed by atoms with Crippen LogP contribution in [-0.4, -0.2) is 73.4 Å². The van der Waals surface area contributed by atoms with Crippen molar-refractivity contribution in [3.05, 3.63) is 85.1 Å². The van der Waals surface area contributed by atoms with Crippen molar-refractivity contribution in [2.24, 2.45) is 0 Å². The first-order valence-corrected chi connectivity index (χ1v) is 33.0. The molecule has 0 saturated carbocycles. The molecule has 0 aliphatic carbocycles. The summed E-state index contributed by atoms with van der Waals surface area (Å²) in [6.45, 7) is 4.70. The Balaban J connectivity index is 4.22. The quantitative estimate of drug-likeness (QED) is 0.0243. The van der Waals surface area contributed by atoms with Gasteiger partial charge in [0.15, 0.2) is 0 Å². The van der Waals surface area contributed by atoms with Crippen LogP contribution in [-0.2, 0) is 18.4 Å². The highest BCUT2D eigenvalue weighted by Crippen LogP contribution is 2.43. The highest BCUT2D eigenvalue weighted by molar-refractivity contribution is 7.47. The van der Waals surface area contributed by atoms with Gasteiger partial charge in [-0.25, -0.2) is 4.57 Å². The van der Waals surface area contributed by atoms with Gasteiger partial charge >= 0.3 is 7.82 Å². The molecule has 0 aromatic rings. The molecule has 0 bridgehead atoms. The lowest BCUT2D eigenvalue weighted by Gasteiger charge is -2.25. The normalized spacial score (nSPS) is 14.4. The first-order valence-electron chi connectivity index (χ1n) is 31.5. The van der Waals surface area contributed by atoms with E-state index in [0.29, 0.717) is 17.4 Å². The third-order valence-electron chi connectivity index (χ3n) is 13.8. The summed E-state index contributed by atoms with van der Waals surface area (Å²) in [5, 5.41) is 13.9. The van der Waals surface area contributed by atoms with Gasteiger partial charge in [-0.05, 0) is 83.5 Å².